The summed E-state index contributed by atoms with van der Waals surface area (Å²) < 4.78 is 2.48. The van der Waals surface area contributed by atoms with Gasteiger partial charge in [0.1, 0.15) is 6.54 Å². The van der Waals surface area contributed by atoms with E-state index >= 15 is 0 Å². The summed E-state index contributed by atoms with van der Waals surface area (Å²) in [5.41, 5.74) is 5.21. The Labute approximate surface area is 151 Å². The van der Waals surface area contributed by atoms with Gasteiger partial charge in [-0.15, -0.1) is 0 Å². The highest BCUT2D eigenvalue weighted by atomic mass is 15.1. The minimum absolute atomic E-state index is 1.04. The van der Waals surface area contributed by atoms with Gasteiger partial charge in [-0.05, 0) is 50.2 Å². The zero-order valence-corrected chi connectivity index (χ0v) is 15.7. The van der Waals surface area contributed by atoms with Crippen LogP contribution in [-0.2, 0) is 6.54 Å². The molecule has 0 spiro atoms. The maximum Gasteiger partial charge on any atom is 0.212 e. The lowest BCUT2D eigenvalue weighted by atomic mass is 10.1. The van der Waals surface area contributed by atoms with Crippen LogP contribution in [0.25, 0.3) is 22.2 Å². The van der Waals surface area contributed by atoms with Gasteiger partial charge in [0.25, 0.3) is 0 Å². The number of unbranched alkanes of at least 4 members (excludes halogenated alkanes) is 1. The molecule has 0 fully saturated rings. The Bertz CT molecular complexity index is 817. The van der Waals surface area contributed by atoms with Crippen LogP contribution >= 0.6 is 0 Å². The standard InChI is InChI=1S/C23H29N2/c1-4-7-18-25-22-11-9-8-10-19(22)14-17-23(25)20-12-15-21(16-13-20)24(5-2)6-3/h8-17H,4-7,18H2,1-3H3/q+1. The first kappa shape index (κ1) is 17.5. The molecule has 0 aliphatic carbocycles. The Morgan fingerprint density at radius 1 is 0.800 bits per heavy atom. The van der Waals surface area contributed by atoms with Crippen molar-refractivity contribution in [3.05, 3.63) is 60.7 Å². The summed E-state index contributed by atoms with van der Waals surface area (Å²) in [4.78, 5) is 2.38. The lowest BCUT2D eigenvalue weighted by Gasteiger charge is -2.21. The molecule has 1 heterocycles. The minimum atomic E-state index is 1.04. The fourth-order valence-corrected chi connectivity index (χ4v) is 3.50. The topological polar surface area (TPSA) is 7.12 Å². The molecular formula is C23H29N2+. The van der Waals surface area contributed by atoms with Crippen molar-refractivity contribution in [1.29, 1.82) is 0 Å². The van der Waals surface area contributed by atoms with Crippen molar-refractivity contribution < 1.29 is 4.57 Å². The second kappa shape index (κ2) is 8.15. The van der Waals surface area contributed by atoms with Crippen molar-refractivity contribution in [2.24, 2.45) is 0 Å². The van der Waals surface area contributed by atoms with Gasteiger partial charge in [0.05, 0.1) is 0 Å². The predicted octanol–water partition coefficient (Wildman–Crippen LogP) is 5.44. The van der Waals surface area contributed by atoms with Gasteiger partial charge in [-0.2, -0.15) is 4.57 Å². The summed E-state index contributed by atoms with van der Waals surface area (Å²) >= 11 is 0. The van der Waals surface area contributed by atoms with E-state index in [0.717, 1.165) is 19.6 Å². The van der Waals surface area contributed by atoms with Crippen molar-refractivity contribution >= 4 is 16.6 Å². The molecule has 2 heteroatoms. The highest BCUT2D eigenvalue weighted by molar-refractivity contribution is 5.77. The summed E-state index contributed by atoms with van der Waals surface area (Å²) in [7, 11) is 0. The number of aromatic nitrogens is 1. The van der Waals surface area contributed by atoms with Gasteiger partial charge in [0.2, 0.25) is 11.2 Å². The third-order valence-electron chi connectivity index (χ3n) is 4.97. The van der Waals surface area contributed by atoms with Crippen LogP contribution in [0, 0.1) is 0 Å². The summed E-state index contributed by atoms with van der Waals surface area (Å²) in [6.07, 6.45) is 2.40. The van der Waals surface area contributed by atoms with Crippen LogP contribution < -0.4 is 9.47 Å². The molecule has 0 saturated heterocycles. The maximum absolute atomic E-state index is 2.48. The lowest BCUT2D eigenvalue weighted by Crippen LogP contribution is -2.37. The average molecular weight is 333 g/mol. The van der Waals surface area contributed by atoms with Gasteiger partial charge in [-0.1, -0.05) is 25.5 Å². The monoisotopic (exact) mass is 333 g/mol. The van der Waals surface area contributed by atoms with Crippen LogP contribution in [0.2, 0.25) is 0 Å². The van der Waals surface area contributed by atoms with Gasteiger partial charge in [-0.3, -0.25) is 0 Å². The highest BCUT2D eigenvalue weighted by Crippen LogP contribution is 2.23. The number of hydrogen-bond donors (Lipinski definition) is 0. The smallest absolute Gasteiger partial charge is 0.212 e. The fourth-order valence-electron chi connectivity index (χ4n) is 3.50. The lowest BCUT2D eigenvalue weighted by molar-refractivity contribution is -0.661. The molecule has 0 atom stereocenters. The van der Waals surface area contributed by atoms with Crippen LogP contribution in [0.1, 0.15) is 33.6 Å². The maximum atomic E-state index is 2.48. The van der Waals surface area contributed by atoms with E-state index in [9.17, 15) is 0 Å². The number of nitrogens with zero attached hydrogens (tertiary/aromatic N) is 2. The Morgan fingerprint density at radius 3 is 2.20 bits per heavy atom. The van der Waals surface area contributed by atoms with Crippen LogP contribution in [-0.4, -0.2) is 13.1 Å². The minimum Gasteiger partial charge on any atom is -0.372 e. The zero-order chi connectivity index (χ0) is 17.6. The second-order valence-electron chi connectivity index (χ2n) is 6.50. The van der Waals surface area contributed by atoms with Gasteiger partial charge in [0.15, 0.2) is 0 Å². The summed E-state index contributed by atoms with van der Waals surface area (Å²) in [5.74, 6) is 0. The van der Waals surface area contributed by atoms with Gasteiger partial charge in [-0.25, -0.2) is 0 Å². The van der Waals surface area contributed by atoms with E-state index in [1.807, 2.05) is 0 Å². The molecule has 3 aromatic rings. The molecule has 0 aliphatic heterocycles. The first-order valence-electron chi connectivity index (χ1n) is 9.55. The van der Waals surface area contributed by atoms with E-state index in [0.29, 0.717) is 0 Å². The molecule has 0 radical (unpaired) electrons. The number of hydrogen-bond acceptors (Lipinski definition) is 1. The fraction of sp³-hybridized carbons (Fsp3) is 0.348. The summed E-state index contributed by atoms with van der Waals surface area (Å²) in [6, 6.07) is 22.2. The van der Waals surface area contributed by atoms with E-state index in [-0.39, 0.29) is 0 Å². The molecule has 2 nitrogen and oxygen atoms in total. The average Bonchev–Trinajstić information content (AvgIpc) is 2.67. The molecule has 2 aromatic carbocycles. The number of anilines is 1. The SMILES string of the molecule is CCCC[n+]1c(-c2ccc(N(CC)CC)cc2)ccc2ccccc21. The Kier molecular flexibility index (Phi) is 5.70. The molecule has 0 amide bonds. The summed E-state index contributed by atoms with van der Waals surface area (Å²) in [5, 5.41) is 1.31. The van der Waals surface area contributed by atoms with E-state index < -0.39 is 0 Å². The Morgan fingerprint density at radius 2 is 1.52 bits per heavy atom. The number of aryl methyl sites for hydroxylation is 1. The van der Waals surface area contributed by atoms with Crippen molar-refractivity contribution in [2.45, 2.75) is 40.2 Å². The molecule has 3 rings (SSSR count). The Balaban J connectivity index is 2.05. The van der Waals surface area contributed by atoms with Crippen LogP contribution in [0.3, 0.4) is 0 Å². The number of pyridine rings is 1. The van der Waals surface area contributed by atoms with Gasteiger partial charge >= 0.3 is 0 Å². The largest absolute Gasteiger partial charge is 0.372 e. The van der Waals surface area contributed by atoms with E-state index in [1.165, 1.54) is 40.7 Å². The molecular weight excluding hydrogens is 304 g/mol. The number of rotatable bonds is 7. The molecule has 0 N–H and O–H groups in total. The first-order chi connectivity index (χ1) is 12.3. The van der Waals surface area contributed by atoms with Crippen LogP contribution in [0.15, 0.2) is 60.7 Å². The van der Waals surface area contributed by atoms with Crippen molar-refractivity contribution in [3.63, 3.8) is 0 Å². The first-order valence-corrected chi connectivity index (χ1v) is 9.55. The third kappa shape index (κ3) is 3.68. The normalized spacial score (nSPS) is 11.0. The summed E-state index contributed by atoms with van der Waals surface area (Å²) in [6.45, 7) is 9.82. The van der Waals surface area contributed by atoms with Crippen LogP contribution in [0.5, 0.6) is 0 Å². The molecule has 130 valence electrons. The van der Waals surface area contributed by atoms with Crippen molar-refractivity contribution in [1.82, 2.24) is 0 Å². The zero-order valence-electron chi connectivity index (χ0n) is 15.7. The molecule has 1 aromatic heterocycles. The van der Waals surface area contributed by atoms with Crippen molar-refractivity contribution in [3.8, 4) is 11.3 Å². The van der Waals surface area contributed by atoms with Gasteiger partial charge < -0.3 is 4.90 Å². The van der Waals surface area contributed by atoms with Crippen LogP contribution in [0.4, 0.5) is 5.69 Å². The highest BCUT2D eigenvalue weighted by Gasteiger charge is 2.17. The van der Waals surface area contributed by atoms with E-state index in [1.54, 1.807) is 0 Å². The second-order valence-corrected chi connectivity index (χ2v) is 6.50. The number of benzene rings is 2. The van der Waals surface area contributed by atoms with Gasteiger partial charge in [0, 0.05) is 48.3 Å². The molecule has 0 bridgehead atoms. The molecule has 0 aliphatic rings. The number of para-hydroxylation sites is 1. The Hall–Kier alpha value is -2.35. The predicted molar refractivity (Wildman–Crippen MR) is 108 cm³/mol. The van der Waals surface area contributed by atoms with E-state index in [4.69, 9.17) is 0 Å². The molecule has 0 unspecified atom stereocenters. The molecule has 0 saturated carbocycles. The third-order valence-corrected chi connectivity index (χ3v) is 4.97. The molecule has 25 heavy (non-hydrogen) atoms. The quantitative estimate of drug-likeness (QED) is 0.522. The number of fused-ring (bicyclic) bond motifs is 1. The van der Waals surface area contributed by atoms with Crippen molar-refractivity contribution in [2.75, 3.05) is 18.0 Å². The van der Waals surface area contributed by atoms with E-state index in [2.05, 4.69) is 90.9 Å².